The van der Waals surface area contributed by atoms with Gasteiger partial charge in [0.1, 0.15) is 0 Å². The molecule has 0 amide bonds. The van der Waals surface area contributed by atoms with Gasteiger partial charge in [-0.05, 0) is 13.3 Å². The Labute approximate surface area is 65.1 Å². The van der Waals surface area contributed by atoms with Gasteiger partial charge in [-0.25, -0.2) is 0 Å². The van der Waals surface area contributed by atoms with Crippen LogP contribution in [0, 0.1) is 0 Å². The SMILES string of the molecule is CC(Cl)C(Cl)CCCl. The summed E-state index contributed by atoms with van der Waals surface area (Å²) in [5.74, 6) is 0.589. The minimum atomic E-state index is 0.0224. The van der Waals surface area contributed by atoms with E-state index in [1.54, 1.807) is 0 Å². The maximum absolute atomic E-state index is 5.70. The molecule has 0 bridgehead atoms. The molecule has 0 N–H and O–H groups in total. The molecule has 8 heavy (non-hydrogen) atoms. The van der Waals surface area contributed by atoms with E-state index < -0.39 is 0 Å². The summed E-state index contributed by atoms with van der Waals surface area (Å²) in [6.45, 7) is 1.87. The van der Waals surface area contributed by atoms with Crippen molar-refractivity contribution < 1.29 is 0 Å². The van der Waals surface area contributed by atoms with Crippen LogP contribution in [0.4, 0.5) is 0 Å². The first kappa shape index (κ1) is 8.87. The maximum Gasteiger partial charge on any atom is 0.0508 e. The summed E-state index contributed by atoms with van der Waals surface area (Å²) in [6, 6.07) is 0. The highest BCUT2D eigenvalue weighted by Crippen LogP contribution is 2.12. The van der Waals surface area contributed by atoms with E-state index in [1.807, 2.05) is 6.92 Å². The number of alkyl halides is 3. The third kappa shape index (κ3) is 3.82. The van der Waals surface area contributed by atoms with Crippen LogP contribution in [0.15, 0.2) is 0 Å². The highest BCUT2D eigenvalue weighted by atomic mass is 35.5. The van der Waals surface area contributed by atoms with Gasteiger partial charge in [-0.3, -0.25) is 0 Å². The van der Waals surface area contributed by atoms with Crippen molar-refractivity contribution in [2.24, 2.45) is 0 Å². The molecular formula is C5H9Cl3. The van der Waals surface area contributed by atoms with E-state index >= 15 is 0 Å². The summed E-state index contributed by atoms with van der Waals surface area (Å²) < 4.78 is 0. The van der Waals surface area contributed by atoms with Crippen molar-refractivity contribution in [3.63, 3.8) is 0 Å². The van der Waals surface area contributed by atoms with Gasteiger partial charge < -0.3 is 0 Å². The van der Waals surface area contributed by atoms with Gasteiger partial charge in [0.15, 0.2) is 0 Å². The highest BCUT2D eigenvalue weighted by Gasteiger charge is 2.08. The second-order valence-electron chi connectivity index (χ2n) is 1.67. The zero-order chi connectivity index (χ0) is 6.57. The molecule has 2 atom stereocenters. The third-order valence-electron chi connectivity index (χ3n) is 0.883. The summed E-state index contributed by atoms with van der Waals surface area (Å²) in [6.07, 6.45) is 0.785. The fourth-order valence-corrected chi connectivity index (χ4v) is 0.916. The van der Waals surface area contributed by atoms with Gasteiger partial charge in [0.25, 0.3) is 0 Å². The first-order valence-corrected chi connectivity index (χ1v) is 3.93. The molecule has 0 aliphatic carbocycles. The molecule has 0 aromatic heterocycles. The molecule has 50 valence electrons. The summed E-state index contributed by atoms with van der Waals surface area (Å²) in [5.41, 5.74) is 0. The average Bonchev–Trinajstić information content (AvgIpc) is 1.67. The third-order valence-corrected chi connectivity index (χ3v) is 2.13. The molecule has 0 aromatic rings. The van der Waals surface area contributed by atoms with E-state index in [0.29, 0.717) is 5.88 Å². The summed E-state index contributed by atoms with van der Waals surface area (Å²) in [7, 11) is 0. The normalized spacial score (nSPS) is 18.0. The second kappa shape index (κ2) is 4.72. The Hall–Kier alpha value is 0.870. The van der Waals surface area contributed by atoms with Gasteiger partial charge in [0.2, 0.25) is 0 Å². The Balaban J connectivity index is 3.17. The topological polar surface area (TPSA) is 0 Å². The molecule has 0 aliphatic heterocycles. The Morgan fingerprint density at radius 2 is 1.88 bits per heavy atom. The Bertz CT molecular complexity index is 53.6. The van der Waals surface area contributed by atoms with E-state index in [-0.39, 0.29) is 10.8 Å². The maximum atomic E-state index is 5.70. The monoisotopic (exact) mass is 174 g/mol. The molecule has 0 aromatic carbocycles. The smallest absolute Gasteiger partial charge is 0.0508 e. The summed E-state index contributed by atoms with van der Waals surface area (Å²) in [4.78, 5) is 0. The van der Waals surface area contributed by atoms with Gasteiger partial charge in [0.05, 0.1) is 5.38 Å². The number of hydrogen-bond acceptors (Lipinski definition) is 0. The van der Waals surface area contributed by atoms with Crippen LogP contribution in [-0.4, -0.2) is 16.6 Å². The van der Waals surface area contributed by atoms with Crippen molar-refractivity contribution in [1.29, 1.82) is 0 Å². The molecule has 0 radical (unpaired) electrons. The van der Waals surface area contributed by atoms with Crippen LogP contribution in [0.3, 0.4) is 0 Å². The van der Waals surface area contributed by atoms with E-state index in [4.69, 9.17) is 34.8 Å². The van der Waals surface area contributed by atoms with Gasteiger partial charge >= 0.3 is 0 Å². The van der Waals surface area contributed by atoms with E-state index in [2.05, 4.69) is 0 Å². The molecule has 2 unspecified atom stereocenters. The zero-order valence-corrected chi connectivity index (χ0v) is 6.97. The van der Waals surface area contributed by atoms with Crippen LogP contribution < -0.4 is 0 Å². The van der Waals surface area contributed by atoms with Crippen molar-refractivity contribution in [2.45, 2.75) is 24.1 Å². The molecule has 0 aliphatic rings. The molecule has 0 fully saturated rings. The average molecular weight is 175 g/mol. The zero-order valence-electron chi connectivity index (χ0n) is 4.70. The predicted molar refractivity (Wildman–Crippen MR) is 40.3 cm³/mol. The van der Waals surface area contributed by atoms with Crippen LogP contribution in [0.5, 0.6) is 0 Å². The Morgan fingerprint density at radius 3 is 2.00 bits per heavy atom. The quantitative estimate of drug-likeness (QED) is 0.579. The molecule has 0 spiro atoms. The van der Waals surface area contributed by atoms with Crippen LogP contribution in [-0.2, 0) is 0 Å². The standard InChI is InChI=1S/C5H9Cl3/c1-4(7)5(8)2-3-6/h4-5H,2-3H2,1H3. The van der Waals surface area contributed by atoms with Crippen molar-refractivity contribution in [3.8, 4) is 0 Å². The molecule has 0 rings (SSSR count). The lowest BCUT2D eigenvalue weighted by Crippen LogP contribution is -2.10. The Morgan fingerprint density at radius 1 is 1.38 bits per heavy atom. The minimum Gasteiger partial charge on any atom is -0.127 e. The fraction of sp³-hybridized carbons (Fsp3) is 1.00. The number of hydrogen-bond donors (Lipinski definition) is 0. The van der Waals surface area contributed by atoms with Crippen molar-refractivity contribution in [2.75, 3.05) is 5.88 Å². The molecular weight excluding hydrogens is 166 g/mol. The number of halogens is 3. The largest absolute Gasteiger partial charge is 0.127 e. The van der Waals surface area contributed by atoms with Gasteiger partial charge in [-0.2, -0.15) is 0 Å². The minimum absolute atomic E-state index is 0.0224. The van der Waals surface area contributed by atoms with Gasteiger partial charge in [-0.15, -0.1) is 34.8 Å². The molecule has 0 heterocycles. The molecule has 0 saturated heterocycles. The summed E-state index contributed by atoms with van der Waals surface area (Å²) in [5, 5.41) is 0.0459. The lowest BCUT2D eigenvalue weighted by Gasteiger charge is -2.07. The summed E-state index contributed by atoms with van der Waals surface area (Å²) >= 11 is 16.7. The van der Waals surface area contributed by atoms with E-state index in [9.17, 15) is 0 Å². The number of rotatable bonds is 3. The molecule has 0 nitrogen and oxygen atoms in total. The lowest BCUT2D eigenvalue weighted by molar-refractivity contribution is 0.794. The second-order valence-corrected chi connectivity index (χ2v) is 3.30. The molecule has 3 heteroatoms. The van der Waals surface area contributed by atoms with Crippen molar-refractivity contribution >= 4 is 34.8 Å². The lowest BCUT2D eigenvalue weighted by atomic mass is 10.3. The molecule has 0 saturated carbocycles. The van der Waals surface area contributed by atoms with Crippen LogP contribution in [0.25, 0.3) is 0 Å². The van der Waals surface area contributed by atoms with Crippen molar-refractivity contribution in [1.82, 2.24) is 0 Å². The predicted octanol–water partition coefficient (Wildman–Crippen LogP) is 2.85. The van der Waals surface area contributed by atoms with E-state index in [1.165, 1.54) is 0 Å². The van der Waals surface area contributed by atoms with Gasteiger partial charge in [-0.1, -0.05) is 0 Å². The van der Waals surface area contributed by atoms with Crippen LogP contribution >= 0.6 is 34.8 Å². The first-order chi connectivity index (χ1) is 3.68. The highest BCUT2D eigenvalue weighted by molar-refractivity contribution is 6.30. The fourth-order valence-electron chi connectivity index (χ4n) is 0.334. The van der Waals surface area contributed by atoms with E-state index in [0.717, 1.165) is 6.42 Å². The Kier molecular flexibility index (Phi) is 5.23. The van der Waals surface area contributed by atoms with Crippen LogP contribution in [0.2, 0.25) is 0 Å². The van der Waals surface area contributed by atoms with Crippen LogP contribution in [0.1, 0.15) is 13.3 Å². The van der Waals surface area contributed by atoms with Gasteiger partial charge in [0, 0.05) is 11.3 Å². The van der Waals surface area contributed by atoms with Crippen molar-refractivity contribution in [3.05, 3.63) is 0 Å². The first-order valence-electron chi connectivity index (χ1n) is 2.52.